The second-order valence-corrected chi connectivity index (χ2v) is 6.34. The Morgan fingerprint density at radius 3 is 2.83 bits per heavy atom. The summed E-state index contributed by atoms with van der Waals surface area (Å²) in [7, 11) is 0. The van der Waals surface area contributed by atoms with E-state index in [-0.39, 0.29) is 17.2 Å². The molecule has 2 aliphatic rings. The van der Waals surface area contributed by atoms with Gasteiger partial charge in [-0.2, -0.15) is 15.8 Å². The summed E-state index contributed by atoms with van der Waals surface area (Å²) in [6.07, 6.45) is 7.18. The molecule has 1 aliphatic heterocycles. The van der Waals surface area contributed by atoms with E-state index in [0.717, 1.165) is 6.42 Å². The van der Waals surface area contributed by atoms with E-state index in [1.807, 2.05) is 6.92 Å². The van der Waals surface area contributed by atoms with Crippen molar-refractivity contribution in [2.24, 2.45) is 16.8 Å². The van der Waals surface area contributed by atoms with Crippen LogP contribution in [0.5, 0.6) is 0 Å². The van der Waals surface area contributed by atoms with Crippen LogP contribution in [0.3, 0.4) is 0 Å². The minimum Gasteiger partial charge on any atom is -0.272 e. The molecule has 1 heterocycles. The van der Waals surface area contributed by atoms with Crippen molar-refractivity contribution in [2.45, 2.75) is 57.7 Å². The average Bonchev–Trinajstić information content (AvgIpc) is 2.86. The molecule has 1 amide bonds. The third-order valence-electron chi connectivity index (χ3n) is 3.87. The SMILES string of the molecule is CCC1N[N]C(=NC(=O)C(C)C2CCCCC2)S1. The van der Waals surface area contributed by atoms with Crippen molar-refractivity contribution in [2.75, 3.05) is 0 Å². The number of hydrogen-bond donors (Lipinski definition) is 1. The summed E-state index contributed by atoms with van der Waals surface area (Å²) in [6.45, 7) is 4.11. The molecule has 0 aromatic rings. The van der Waals surface area contributed by atoms with Crippen LogP contribution < -0.4 is 10.9 Å². The molecular formula is C13H22N3OS. The van der Waals surface area contributed by atoms with Crippen molar-refractivity contribution < 1.29 is 4.79 Å². The summed E-state index contributed by atoms with van der Waals surface area (Å²) in [6, 6.07) is 0. The second-order valence-electron chi connectivity index (χ2n) is 5.18. The van der Waals surface area contributed by atoms with Crippen LogP contribution in [-0.2, 0) is 4.79 Å². The van der Waals surface area contributed by atoms with Gasteiger partial charge in [-0.05, 0) is 25.2 Å². The molecule has 4 nitrogen and oxygen atoms in total. The standard InChI is InChI=1S/C13H22N3OS/c1-3-11-15-16-13(18-11)14-12(17)9(2)10-7-5-4-6-8-10/h9-11,15H,3-8H2,1-2H3. The molecule has 2 unspecified atom stereocenters. The summed E-state index contributed by atoms with van der Waals surface area (Å²) in [5.41, 5.74) is 7.08. The maximum absolute atomic E-state index is 12.1. The molecule has 1 saturated carbocycles. The lowest BCUT2D eigenvalue weighted by atomic mass is 9.80. The third kappa shape index (κ3) is 3.48. The Morgan fingerprint density at radius 1 is 1.50 bits per heavy atom. The smallest absolute Gasteiger partial charge is 0.251 e. The van der Waals surface area contributed by atoms with Crippen molar-refractivity contribution >= 4 is 22.8 Å². The summed E-state index contributed by atoms with van der Waals surface area (Å²) in [5, 5.41) is 0.885. The Balaban J connectivity index is 1.88. The lowest BCUT2D eigenvalue weighted by molar-refractivity contribution is -0.122. The molecule has 1 aliphatic carbocycles. The van der Waals surface area contributed by atoms with Gasteiger partial charge in [0.05, 0.1) is 5.37 Å². The van der Waals surface area contributed by atoms with E-state index in [4.69, 9.17) is 0 Å². The van der Waals surface area contributed by atoms with Gasteiger partial charge in [0, 0.05) is 5.92 Å². The third-order valence-corrected chi connectivity index (χ3v) is 4.99. The molecule has 1 saturated heterocycles. The van der Waals surface area contributed by atoms with E-state index in [0.29, 0.717) is 11.1 Å². The van der Waals surface area contributed by atoms with Gasteiger partial charge in [-0.1, -0.05) is 44.9 Å². The number of rotatable bonds is 3. The minimum absolute atomic E-state index is 0.00621. The van der Waals surface area contributed by atoms with E-state index >= 15 is 0 Å². The molecular weight excluding hydrogens is 246 g/mol. The van der Waals surface area contributed by atoms with Gasteiger partial charge in [0.15, 0.2) is 0 Å². The van der Waals surface area contributed by atoms with Gasteiger partial charge in [-0.15, -0.1) is 0 Å². The van der Waals surface area contributed by atoms with Crippen molar-refractivity contribution in [3.05, 3.63) is 0 Å². The summed E-state index contributed by atoms with van der Waals surface area (Å²) in [4.78, 5) is 16.3. The predicted molar refractivity (Wildman–Crippen MR) is 75.1 cm³/mol. The normalized spacial score (nSPS) is 29.2. The molecule has 2 fully saturated rings. The number of amidine groups is 1. The van der Waals surface area contributed by atoms with Crippen LogP contribution >= 0.6 is 11.8 Å². The molecule has 2 rings (SSSR count). The van der Waals surface area contributed by atoms with E-state index in [2.05, 4.69) is 22.8 Å². The van der Waals surface area contributed by atoms with Gasteiger partial charge in [-0.3, -0.25) is 4.79 Å². The fraction of sp³-hybridized carbons (Fsp3) is 0.846. The van der Waals surface area contributed by atoms with Crippen LogP contribution in [0.1, 0.15) is 52.4 Å². The quantitative estimate of drug-likeness (QED) is 0.856. The van der Waals surface area contributed by atoms with Gasteiger partial charge in [0.2, 0.25) is 5.17 Å². The number of nitrogens with zero attached hydrogens (tertiary/aromatic N) is 2. The van der Waals surface area contributed by atoms with Crippen LogP contribution in [0, 0.1) is 11.8 Å². The van der Waals surface area contributed by atoms with E-state index in [1.54, 1.807) is 11.8 Å². The summed E-state index contributed by atoms with van der Waals surface area (Å²) in [5.74, 6) is 0.581. The first-order chi connectivity index (χ1) is 8.70. The number of thioether (sulfide) groups is 1. The zero-order valence-corrected chi connectivity index (χ0v) is 12.0. The maximum Gasteiger partial charge on any atom is 0.251 e. The fourth-order valence-electron chi connectivity index (χ4n) is 2.57. The molecule has 18 heavy (non-hydrogen) atoms. The van der Waals surface area contributed by atoms with E-state index < -0.39 is 0 Å². The highest BCUT2D eigenvalue weighted by molar-refractivity contribution is 8.14. The van der Waals surface area contributed by atoms with Crippen molar-refractivity contribution in [1.29, 1.82) is 0 Å². The highest BCUT2D eigenvalue weighted by Gasteiger charge is 2.27. The summed E-state index contributed by atoms with van der Waals surface area (Å²) >= 11 is 1.55. The maximum atomic E-state index is 12.1. The molecule has 2 atom stereocenters. The van der Waals surface area contributed by atoms with Crippen LogP contribution in [0.25, 0.3) is 0 Å². The van der Waals surface area contributed by atoms with Gasteiger partial charge in [0.25, 0.3) is 5.91 Å². The number of nitrogens with one attached hydrogen (secondary N) is 1. The Bertz CT molecular complexity index is 326. The van der Waals surface area contributed by atoms with Crippen LogP contribution in [0.2, 0.25) is 0 Å². The van der Waals surface area contributed by atoms with Gasteiger partial charge in [0.1, 0.15) is 0 Å². The molecule has 0 aromatic heterocycles. The van der Waals surface area contributed by atoms with Crippen molar-refractivity contribution in [1.82, 2.24) is 10.9 Å². The zero-order chi connectivity index (χ0) is 13.0. The second kappa shape index (κ2) is 6.57. The van der Waals surface area contributed by atoms with Crippen LogP contribution in [-0.4, -0.2) is 16.4 Å². The lowest BCUT2D eigenvalue weighted by Crippen LogP contribution is -2.26. The topological polar surface area (TPSA) is 55.6 Å². The van der Waals surface area contributed by atoms with Gasteiger partial charge < -0.3 is 0 Å². The molecule has 0 spiro atoms. The van der Waals surface area contributed by atoms with E-state index in [1.165, 1.54) is 32.1 Å². The number of amides is 1. The highest BCUT2D eigenvalue weighted by atomic mass is 32.2. The lowest BCUT2D eigenvalue weighted by Gasteiger charge is -2.25. The molecule has 0 aromatic carbocycles. The van der Waals surface area contributed by atoms with Crippen LogP contribution in [0.15, 0.2) is 4.99 Å². The first kappa shape index (κ1) is 13.9. The Kier molecular flexibility index (Phi) is 5.06. The predicted octanol–water partition coefficient (Wildman–Crippen LogP) is 2.68. The largest absolute Gasteiger partial charge is 0.272 e. The number of carbonyl (C=O) groups excluding carboxylic acids is 1. The molecule has 101 valence electrons. The monoisotopic (exact) mass is 268 g/mol. The Labute approximate surface area is 113 Å². The molecule has 1 N–H and O–H groups in total. The first-order valence-electron chi connectivity index (χ1n) is 6.96. The van der Waals surface area contributed by atoms with Crippen molar-refractivity contribution in [3.63, 3.8) is 0 Å². The van der Waals surface area contributed by atoms with E-state index in [9.17, 15) is 4.79 Å². The Morgan fingerprint density at radius 2 is 2.22 bits per heavy atom. The first-order valence-corrected chi connectivity index (χ1v) is 7.84. The molecule has 0 bridgehead atoms. The van der Waals surface area contributed by atoms with Gasteiger partial charge >= 0.3 is 0 Å². The average molecular weight is 268 g/mol. The molecule has 5 heteroatoms. The number of carbonyl (C=O) groups is 1. The summed E-state index contributed by atoms with van der Waals surface area (Å²) < 4.78 is 0. The Hall–Kier alpha value is -0.550. The number of aliphatic imine (C=N–C) groups is 1. The van der Waals surface area contributed by atoms with Crippen LogP contribution in [0.4, 0.5) is 0 Å². The zero-order valence-electron chi connectivity index (χ0n) is 11.2. The molecule has 1 radical (unpaired) electrons. The number of hydrogen-bond acceptors (Lipinski definition) is 3. The minimum atomic E-state index is 0.00621. The van der Waals surface area contributed by atoms with Gasteiger partial charge in [-0.25, -0.2) is 0 Å². The fourth-order valence-corrected chi connectivity index (χ4v) is 3.34. The van der Waals surface area contributed by atoms with Crippen molar-refractivity contribution in [3.8, 4) is 0 Å². The highest BCUT2D eigenvalue weighted by Crippen LogP contribution is 2.30.